The van der Waals surface area contributed by atoms with Crippen molar-refractivity contribution in [2.24, 2.45) is 4.99 Å². The van der Waals surface area contributed by atoms with Crippen LogP contribution in [0, 0.1) is 0 Å². The van der Waals surface area contributed by atoms with Crippen LogP contribution in [0.4, 0.5) is 5.69 Å². The molecule has 1 aliphatic rings. The van der Waals surface area contributed by atoms with E-state index in [0.29, 0.717) is 0 Å². The summed E-state index contributed by atoms with van der Waals surface area (Å²) in [6, 6.07) is 5.81. The number of hydrogen-bond acceptors (Lipinski definition) is 6. The lowest BCUT2D eigenvalue weighted by atomic mass is 10.0. The van der Waals surface area contributed by atoms with E-state index < -0.39 is 0 Å². The van der Waals surface area contributed by atoms with Gasteiger partial charge in [0.1, 0.15) is 5.75 Å². The van der Waals surface area contributed by atoms with Gasteiger partial charge >= 0.3 is 0 Å². The van der Waals surface area contributed by atoms with Crippen LogP contribution >= 0.6 is 23.1 Å². The van der Waals surface area contributed by atoms with E-state index in [1.54, 1.807) is 7.11 Å². The van der Waals surface area contributed by atoms with Crippen LogP contribution in [-0.2, 0) is 0 Å². The van der Waals surface area contributed by atoms with Crippen LogP contribution < -0.4 is 4.74 Å². The Bertz CT molecular complexity index is 763. The van der Waals surface area contributed by atoms with Crippen molar-refractivity contribution in [1.82, 2.24) is 4.98 Å². The number of allylic oxidation sites excluding steroid dienone is 1. The molecule has 0 spiro atoms. The van der Waals surface area contributed by atoms with Crippen molar-refractivity contribution in [3.05, 3.63) is 28.6 Å². The van der Waals surface area contributed by atoms with E-state index in [-0.39, 0.29) is 5.88 Å². The summed E-state index contributed by atoms with van der Waals surface area (Å²) >= 11 is 2.99. The van der Waals surface area contributed by atoms with E-state index in [2.05, 4.69) is 9.98 Å². The second-order valence-corrected chi connectivity index (χ2v) is 6.59. The van der Waals surface area contributed by atoms with Crippen molar-refractivity contribution in [2.45, 2.75) is 11.3 Å². The number of thiazole rings is 1. The standard InChI is InChI=1S/C15H14N2O2S2/c1-8-10(7-13-14(18)17-15(20-3)21-13)11-6-9(19-2)4-5-12(11)16-8/h4-7,18H,1-3H3/b10-7+. The normalized spacial score (nSPS) is 15.2. The third-order valence-corrected chi connectivity index (χ3v) is 5.21. The predicted molar refractivity (Wildman–Crippen MR) is 89.2 cm³/mol. The largest absolute Gasteiger partial charge is 0.497 e. The van der Waals surface area contributed by atoms with Crippen molar-refractivity contribution >= 4 is 46.1 Å². The molecule has 4 nitrogen and oxygen atoms in total. The Balaban J connectivity index is 2.09. The summed E-state index contributed by atoms with van der Waals surface area (Å²) in [6.45, 7) is 1.96. The zero-order valence-electron chi connectivity index (χ0n) is 11.9. The van der Waals surface area contributed by atoms with E-state index in [9.17, 15) is 5.11 Å². The molecule has 6 heteroatoms. The van der Waals surface area contributed by atoms with Crippen molar-refractivity contribution in [2.75, 3.05) is 13.4 Å². The highest BCUT2D eigenvalue weighted by Gasteiger charge is 2.20. The first kappa shape index (κ1) is 14.2. The number of aromatic nitrogens is 1. The Morgan fingerprint density at radius 2 is 2.19 bits per heavy atom. The molecule has 0 atom stereocenters. The Morgan fingerprint density at radius 1 is 1.38 bits per heavy atom. The first-order chi connectivity index (χ1) is 10.1. The van der Waals surface area contributed by atoms with Crippen LogP contribution in [0.25, 0.3) is 11.6 Å². The third kappa shape index (κ3) is 2.56. The molecule has 1 N–H and O–H groups in total. The van der Waals surface area contributed by atoms with Gasteiger partial charge < -0.3 is 9.84 Å². The quantitative estimate of drug-likeness (QED) is 0.861. The van der Waals surface area contributed by atoms with Crippen molar-refractivity contribution < 1.29 is 9.84 Å². The number of ether oxygens (including phenoxy) is 1. The van der Waals surface area contributed by atoms with E-state index in [1.165, 1.54) is 23.1 Å². The van der Waals surface area contributed by atoms with Crippen molar-refractivity contribution in [3.63, 3.8) is 0 Å². The molecule has 0 amide bonds. The second-order valence-electron chi connectivity index (χ2n) is 4.51. The molecule has 108 valence electrons. The molecule has 1 aliphatic heterocycles. The fourth-order valence-corrected chi connectivity index (χ4v) is 3.60. The molecule has 1 aromatic heterocycles. The number of hydrogen-bond donors (Lipinski definition) is 1. The van der Waals surface area contributed by atoms with E-state index in [4.69, 9.17) is 4.74 Å². The number of fused-ring (bicyclic) bond motifs is 1. The molecular formula is C15H14N2O2S2. The fraction of sp³-hybridized carbons (Fsp3) is 0.200. The first-order valence-corrected chi connectivity index (χ1v) is 8.36. The Labute approximate surface area is 131 Å². The van der Waals surface area contributed by atoms with Gasteiger partial charge in [-0.3, -0.25) is 4.99 Å². The van der Waals surface area contributed by atoms with Gasteiger partial charge in [0.2, 0.25) is 5.88 Å². The van der Waals surface area contributed by atoms with Gasteiger partial charge in [0.15, 0.2) is 4.34 Å². The van der Waals surface area contributed by atoms with Gasteiger partial charge in [0.05, 0.1) is 17.7 Å². The van der Waals surface area contributed by atoms with Crippen LogP contribution in [-0.4, -0.2) is 29.2 Å². The highest BCUT2D eigenvalue weighted by atomic mass is 32.2. The third-order valence-electron chi connectivity index (χ3n) is 3.24. The molecule has 0 saturated carbocycles. The smallest absolute Gasteiger partial charge is 0.230 e. The minimum atomic E-state index is 0.0704. The number of benzene rings is 1. The zero-order chi connectivity index (χ0) is 15.0. The average molecular weight is 318 g/mol. The monoisotopic (exact) mass is 318 g/mol. The maximum atomic E-state index is 9.93. The Kier molecular flexibility index (Phi) is 3.73. The summed E-state index contributed by atoms with van der Waals surface area (Å²) in [4.78, 5) is 9.42. The lowest BCUT2D eigenvalue weighted by Crippen LogP contribution is -1.90. The number of aromatic hydroxyl groups is 1. The molecule has 0 radical (unpaired) electrons. The molecule has 21 heavy (non-hydrogen) atoms. The summed E-state index contributed by atoms with van der Waals surface area (Å²) in [6.07, 6.45) is 3.88. The van der Waals surface area contributed by atoms with Gasteiger partial charge in [-0.25, -0.2) is 0 Å². The van der Waals surface area contributed by atoms with Gasteiger partial charge in [-0.05, 0) is 37.5 Å². The summed E-state index contributed by atoms with van der Waals surface area (Å²) in [5.74, 6) is 0.865. The molecular weight excluding hydrogens is 304 g/mol. The molecule has 0 bridgehead atoms. The zero-order valence-corrected chi connectivity index (χ0v) is 13.5. The second kappa shape index (κ2) is 5.54. The highest BCUT2D eigenvalue weighted by Crippen LogP contribution is 2.40. The molecule has 0 saturated heterocycles. The average Bonchev–Trinajstić information content (AvgIpc) is 3.00. The number of methoxy groups -OCH3 is 1. The number of nitrogens with zero attached hydrogens (tertiary/aromatic N) is 2. The van der Waals surface area contributed by atoms with Crippen molar-refractivity contribution in [1.29, 1.82) is 0 Å². The topological polar surface area (TPSA) is 54.7 Å². The molecule has 2 heterocycles. The van der Waals surface area contributed by atoms with Crippen LogP contribution in [0.1, 0.15) is 17.4 Å². The van der Waals surface area contributed by atoms with Gasteiger partial charge in [-0.2, -0.15) is 4.98 Å². The van der Waals surface area contributed by atoms with Gasteiger partial charge in [-0.15, -0.1) is 11.3 Å². The van der Waals surface area contributed by atoms with Gasteiger partial charge in [-0.1, -0.05) is 11.8 Å². The Morgan fingerprint density at radius 3 is 2.86 bits per heavy atom. The minimum absolute atomic E-state index is 0.0704. The Hall–Kier alpha value is -1.79. The highest BCUT2D eigenvalue weighted by molar-refractivity contribution is 8.00. The molecule has 0 fully saturated rings. The van der Waals surface area contributed by atoms with Crippen LogP contribution in [0.3, 0.4) is 0 Å². The SMILES string of the molecule is COc1ccc2c(c1)/C(=C/c1sc(SC)nc1O)C(C)=N2. The first-order valence-electron chi connectivity index (χ1n) is 6.32. The molecule has 2 aromatic rings. The predicted octanol–water partition coefficient (Wildman–Crippen LogP) is 4.23. The van der Waals surface area contributed by atoms with Gasteiger partial charge in [0, 0.05) is 16.8 Å². The molecule has 0 aliphatic carbocycles. The van der Waals surface area contributed by atoms with Crippen LogP contribution in [0.15, 0.2) is 27.5 Å². The van der Waals surface area contributed by atoms with E-state index in [0.717, 1.165) is 37.5 Å². The number of thioether (sulfide) groups is 1. The van der Waals surface area contributed by atoms with Crippen LogP contribution in [0.2, 0.25) is 0 Å². The number of rotatable bonds is 3. The summed E-state index contributed by atoms with van der Waals surface area (Å²) in [5.41, 5.74) is 3.87. The lowest BCUT2D eigenvalue weighted by Gasteiger charge is -2.04. The van der Waals surface area contributed by atoms with Crippen molar-refractivity contribution in [3.8, 4) is 11.6 Å². The maximum absolute atomic E-state index is 9.93. The molecule has 3 rings (SSSR count). The fourth-order valence-electron chi connectivity index (χ4n) is 2.19. The van der Waals surface area contributed by atoms with E-state index in [1.807, 2.05) is 37.5 Å². The minimum Gasteiger partial charge on any atom is -0.497 e. The maximum Gasteiger partial charge on any atom is 0.230 e. The molecule has 0 unspecified atom stereocenters. The number of aliphatic imine (C=N–C) groups is 1. The lowest BCUT2D eigenvalue weighted by molar-refractivity contribution is 0.415. The van der Waals surface area contributed by atoms with Crippen LogP contribution in [0.5, 0.6) is 11.6 Å². The summed E-state index contributed by atoms with van der Waals surface area (Å²) in [5, 5.41) is 9.93. The molecule has 1 aromatic carbocycles. The van der Waals surface area contributed by atoms with E-state index >= 15 is 0 Å². The van der Waals surface area contributed by atoms with Gasteiger partial charge in [0.25, 0.3) is 0 Å². The summed E-state index contributed by atoms with van der Waals surface area (Å²) < 4.78 is 6.12. The summed E-state index contributed by atoms with van der Waals surface area (Å²) in [7, 11) is 1.65.